The van der Waals surface area contributed by atoms with E-state index in [1.807, 2.05) is 93.6 Å². The van der Waals surface area contributed by atoms with Crippen LogP contribution < -0.4 is 9.47 Å². The van der Waals surface area contributed by atoms with E-state index in [-0.39, 0.29) is 0 Å². The molecular formula is C41H58O4. The van der Waals surface area contributed by atoms with Crippen LogP contribution in [-0.2, 0) is 4.74 Å². The van der Waals surface area contributed by atoms with Crippen molar-refractivity contribution < 1.29 is 19.0 Å². The molecule has 0 radical (unpaired) electrons. The van der Waals surface area contributed by atoms with Gasteiger partial charge < -0.3 is 14.2 Å². The molecule has 0 aliphatic carbocycles. The highest BCUT2D eigenvalue weighted by Crippen LogP contribution is 2.43. The summed E-state index contributed by atoms with van der Waals surface area (Å²) in [7, 11) is 0. The van der Waals surface area contributed by atoms with Gasteiger partial charge in [0.2, 0.25) is 0 Å². The fourth-order valence-corrected chi connectivity index (χ4v) is 5.65. The summed E-state index contributed by atoms with van der Waals surface area (Å²) in [4.78, 5) is 12.9. The summed E-state index contributed by atoms with van der Waals surface area (Å²) in [6, 6.07) is 23.9. The summed E-state index contributed by atoms with van der Waals surface area (Å²) in [5.74, 6) is 1.24. The lowest BCUT2D eigenvalue weighted by molar-refractivity contribution is 0.0208. The Morgan fingerprint density at radius 1 is 0.578 bits per heavy atom. The molecule has 45 heavy (non-hydrogen) atoms. The standard InChI is InChI=1S/C41H58O4/c1-5-6-7-8-9-10-11-12-13-14-15-16-17-18-19-26-31-43-36-32-37(34-27-22-20-23-28-34)39(44-40(42)45-41(2,3)4)38(33-36)35-29-24-21-25-30-35/h20-25,27-30,32-33H,5-19,26,31H2,1-4H3. The number of hydrogen-bond acceptors (Lipinski definition) is 4. The van der Waals surface area contributed by atoms with Crippen LogP contribution in [0, 0.1) is 0 Å². The molecule has 0 heterocycles. The van der Waals surface area contributed by atoms with Crippen molar-refractivity contribution in [3.05, 3.63) is 72.8 Å². The van der Waals surface area contributed by atoms with E-state index in [9.17, 15) is 4.79 Å². The maximum Gasteiger partial charge on any atom is 0.514 e. The summed E-state index contributed by atoms with van der Waals surface area (Å²) in [5.41, 5.74) is 2.82. The van der Waals surface area contributed by atoms with Crippen LogP contribution >= 0.6 is 0 Å². The summed E-state index contributed by atoms with van der Waals surface area (Å²) < 4.78 is 17.8. The smallest absolute Gasteiger partial charge is 0.494 e. The summed E-state index contributed by atoms with van der Waals surface area (Å²) in [5, 5.41) is 0. The highest BCUT2D eigenvalue weighted by Gasteiger charge is 2.23. The van der Waals surface area contributed by atoms with Crippen molar-refractivity contribution in [2.75, 3.05) is 6.61 Å². The topological polar surface area (TPSA) is 44.8 Å². The number of carbonyl (C=O) groups excluding carboxylic acids is 1. The fraction of sp³-hybridized carbons (Fsp3) is 0.537. The van der Waals surface area contributed by atoms with E-state index in [0.717, 1.165) is 34.4 Å². The van der Waals surface area contributed by atoms with Crippen molar-refractivity contribution in [3.8, 4) is 33.8 Å². The maximum absolute atomic E-state index is 12.9. The second kappa shape index (κ2) is 20.7. The van der Waals surface area contributed by atoms with Gasteiger partial charge in [-0.05, 0) is 50.5 Å². The predicted octanol–water partition coefficient (Wildman–Crippen LogP) is 13.0. The summed E-state index contributed by atoms with van der Waals surface area (Å²) in [6.45, 7) is 8.45. The van der Waals surface area contributed by atoms with Gasteiger partial charge in [0.15, 0.2) is 0 Å². The third-order valence-electron chi connectivity index (χ3n) is 8.07. The summed E-state index contributed by atoms with van der Waals surface area (Å²) >= 11 is 0. The zero-order chi connectivity index (χ0) is 32.2. The first kappa shape index (κ1) is 36.2. The van der Waals surface area contributed by atoms with Gasteiger partial charge in [-0.2, -0.15) is 0 Å². The normalized spacial score (nSPS) is 11.4. The number of rotatable bonds is 21. The molecule has 0 N–H and O–H groups in total. The average Bonchev–Trinajstić information content (AvgIpc) is 3.03. The van der Waals surface area contributed by atoms with Crippen LogP contribution in [0.3, 0.4) is 0 Å². The van der Waals surface area contributed by atoms with Gasteiger partial charge in [0, 0.05) is 11.1 Å². The van der Waals surface area contributed by atoms with E-state index in [1.165, 1.54) is 96.3 Å². The van der Waals surface area contributed by atoms with E-state index in [2.05, 4.69) is 6.92 Å². The number of benzene rings is 3. The monoisotopic (exact) mass is 614 g/mol. The van der Waals surface area contributed by atoms with Gasteiger partial charge in [0.1, 0.15) is 17.1 Å². The van der Waals surface area contributed by atoms with Crippen molar-refractivity contribution in [2.24, 2.45) is 0 Å². The molecule has 3 aromatic rings. The van der Waals surface area contributed by atoms with Crippen molar-refractivity contribution in [3.63, 3.8) is 0 Å². The zero-order valence-electron chi connectivity index (χ0n) is 28.6. The third kappa shape index (κ3) is 14.6. The second-order valence-corrected chi connectivity index (χ2v) is 13.3. The molecule has 0 amide bonds. The fourth-order valence-electron chi connectivity index (χ4n) is 5.65. The minimum Gasteiger partial charge on any atom is -0.494 e. The predicted molar refractivity (Wildman–Crippen MR) is 189 cm³/mol. The molecule has 0 saturated heterocycles. The molecule has 0 unspecified atom stereocenters. The molecule has 0 spiro atoms. The lowest BCUT2D eigenvalue weighted by atomic mass is 9.96. The largest absolute Gasteiger partial charge is 0.514 e. The maximum atomic E-state index is 12.9. The average molecular weight is 615 g/mol. The van der Waals surface area contributed by atoms with Gasteiger partial charge >= 0.3 is 6.16 Å². The van der Waals surface area contributed by atoms with E-state index < -0.39 is 11.8 Å². The first-order valence-electron chi connectivity index (χ1n) is 17.7. The van der Waals surface area contributed by atoms with Gasteiger partial charge in [-0.25, -0.2) is 4.79 Å². The Hall–Kier alpha value is -3.27. The molecule has 0 saturated carbocycles. The van der Waals surface area contributed by atoms with E-state index in [1.54, 1.807) is 0 Å². The van der Waals surface area contributed by atoms with Crippen LogP contribution in [0.25, 0.3) is 22.3 Å². The Balaban J connectivity index is 1.50. The molecule has 4 heteroatoms. The number of ether oxygens (including phenoxy) is 3. The number of carbonyl (C=O) groups is 1. The highest BCUT2D eigenvalue weighted by molar-refractivity contribution is 5.86. The molecule has 0 bridgehead atoms. The Morgan fingerprint density at radius 2 is 0.978 bits per heavy atom. The molecule has 0 atom stereocenters. The molecule has 3 aromatic carbocycles. The molecule has 246 valence electrons. The van der Waals surface area contributed by atoms with Crippen molar-refractivity contribution in [1.82, 2.24) is 0 Å². The lowest BCUT2D eigenvalue weighted by Gasteiger charge is -2.21. The van der Waals surface area contributed by atoms with Gasteiger partial charge in [0.05, 0.1) is 6.61 Å². The Bertz CT molecular complexity index is 1150. The minimum absolute atomic E-state index is 0.469. The third-order valence-corrected chi connectivity index (χ3v) is 8.07. The van der Waals surface area contributed by atoms with E-state index in [0.29, 0.717) is 12.4 Å². The van der Waals surface area contributed by atoms with E-state index in [4.69, 9.17) is 14.2 Å². The molecular weight excluding hydrogens is 556 g/mol. The minimum atomic E-state index is -0.723. The van der Waals surface area contributed by atoms with Gasteiger partial charge in [0.25, 0.3) is 0 Å². The van der Waals surface area contributed by atoms with Crippen molar-refractivity contribution >= 4 is 6.16 Å². The van der Waals surface area contributed by atoms with Crippen molar-refractivity contribution in [1.29, 1.82) is 0 Å². The Morgan fingerprint density at radius 3 is 1.38 bits per heavy atom. The Labute approximate surface area is 273 Å². The molecule has 0 fully saturated rings. The molecule has 3 rings (SSSR count). The first-order chi connectivity index (χ1) is 21.9. The van der Waals surface area contributed by atoms with Crippen LogP contribution in [0.2, 0.25) is 0 Å². The quantitative estimate of drug-likeness (QED) is 0.0680. The molecule has 0 aromatic heterocycles. The highest BCUT2D eigenvalue weighted by atomic mass is 16.7. The molecule has 0 aliphatic heterocycles. The SMILES string of the molecule is CCCCCCCCCCCCCCCCCCOc1cc(-c2ccccc2)c(OC(=O)OC(C)(C)C)c(-c2ccccc2)c1. The van der Waals surface area contributed by atoms with Gasteiger partial charge in [-0.1, -0.05) is 164 Å². The lowest BCUT2D eigenvalue weighted by Crippen LogP contribution is -2.26. The second-order valence-electron chi connectivity index (χ2n) is 13.3. The molecule has 4 nitrogen and oxygen atoms in total. The van der Waals surface area contributed by atoms with Crippen LogP contribution in [-0.4, -0.2) is 18.4 Å². The Kier molecular flexibility index (Phi) is 16.7. The van der Waals surface area contributed by atoms with Crippen LogP contribution in [0.4, 0.5) is 4.79 Å². The van der Waals surface area contributed by atoms with Crippen LogP contribution in [0.15, 0.2) is 72.8 Å². The van der Waals surface area contributed by atoms with Crippen LogP contribution in [0.1, 0.15) is 130 Å². The van der Waals surface area contributed by atoms with Crippen molar-refractivity contribution in [2.45, 2.75) is 136 Å². The first-order valence-corrected chi connectivity index (χ1v) is 17.7. The zero-order valence-corrected chi connectivity index (χ0v) is 28.6. The van der Waals surface area contributed by atoms with Gasteiger partial charge in [-0.15, -0.1) is 0 Å². The number of unbranched alkanes of at least 4 members (excludes halogenated alkanes) is 15. The summed E-state index contributed by atoms with van der Waals surface area (Å²) in [6.07, 6.45) is 20.8. The van der Waals surface area contributed by atoms with Crippen LogP contribution in [0.5, 0.6) is 11.5 Å². The molecule has 0 aliphatic rings. The van der Waals surface area contributed by atoms with E-state index >= 15 is 0 Å². The van der Waals surface area contributed by atoms with Gasteiger partial charge in [-0.3, -0.25) is 0 Å². The number of hydrogen-bond donors (Lipinski definition) is 0.